The summed E-state index contributed by atoms with van der Waals surface area (Å²) in [5.74, 6) is 0. The van der Waals surface area contributed by atoms with Crippen LogP contribution >= 0.6 is 11.3 Å². The number of hydrogen-bond donors (Lipinski definition) is 0. The van der Waals surface area contributed by atoms with Gasteiger partial charge in [-0.05, 0) is 31.0 Å². The topological polar surface area (TPSA) is 71.6 Å². The van der Waals surface area contributed by atoms with Gasteiger partial charge >= 0.3 is 0 Å². The number of aryl methyl sites for hydroxylation is 2. The van der Waals surface area contributed by atoms with Crippen LogP contribution in [-0.4, -0.2) is 15.6 Å². The fourth-order valence-corrected chi connectivity index (χ4v) is 4.95. The number of non-ortho nitro benzene ring substituents is 1. The molecule has 1 aliphatic rings. The summed E-state index contributed by atoms with van der Waals surface area (Å²) >= 11 is 1.53. The summed E-state index contributed by atoms with van der Waals surface area (Å²) < 4.78 is 0. The van der Waals surface area contributed by atoms with Crippen molar-refractivity contribution in [3.8, 4) is 11.3 Å². The number of anilines is 1. The lowest BCUT2D eigenvalue weighted by atomic mass is 9.95. The molecule has 1 aliphatic heterocycles. The Hall–Kier alpha value is -3.84. The van der Waals surface area contributed by atoms with Gasteiger partial charge < -0.3 is 0 Å². The van der Waals surface area contributed by atoms with Gasteiger partial charge in [-0.3, -0.25) is 10.1 Å². The third-order valence-corrected chi connectivity index (χ3v) is 6.67. The van der Waals surface area contributed by atoms with Crippen LogP contribution in [0.2, 0.25) is 0 Å². The number of nitrogens with zero attached hydrogens (tertiary/aromatic N) is 4. The molecule has 0 bridgehead atoms. The minimum Gasteiger partial charge on any atom is -0.258 e. The molecular weight excluding hydrogens is 432 g/mol. The van der Waals surface area contributed by atoms with Crippen LogP contribution in [0, 0.1) is 24.0 Å². The minimum atomic E-state index is -0.355. The van der Waals surface area contributed by atoms with E-state index in [0.717, 1.165) is 38.8 Å². The standard InChI is InChI=1S/C26H22N4O2S/c1-17-11-12-18(2)22(13-17)23-15-25(20-9-6-10-21(14-20)30(31)32)29(28-23)26-27-24(16-33-26)19-7-4-3-5-8-19/h3-14,16,25H,15H2,1-2H3/t25-/m1/s1. The van der Waals surface area contributed by atoms with Crippen LogP contribution < -0.4 is 5.01 Å². The number of hydrogen-bond acceptors (Lipinski definition) is 6. The van der Waals surface area contributed by atoms with E-state index >= 15 is 0 Å². The van der Waals surface area contributed by atoms with Gasteiger partial charge in [-0.15, -0.1) is 11.3 Å². The average molecular weight is 455 g/mol. The Bertz CT molecular complexity index is 1360. The van der Waals surface area contributed by atoms with E-state index in [0.29, 0.717) is 6.42 Å². The molecule has 0 aliphatic carbocycles. The molecule has 0 saturated heterocycles. The number of nitro benzene ring substituents is 1. The molecule has 0 fully saturated rings. The van der Waals surface area contributed by atoms with Gasteiger partial charge in [-0.2, -0.15) is 5.10 Å². The van der Waals surface area contributed by atoms with Crippen LogP contribution in [0.25, 0.3) is 11.3 Å². The van der Waals surface area contributed by atoms with Crippen molar-refractivity contribution in [3.05, 3.63) is 111 Å². The van der Waals surface area contributed by atoms with Crippen molar-refractivity contribution in [1.82, 2.24) is 4.98 Å². The third kappa shape index (κ3) is 4.15. The van der Waals surface area contributed by atoms with E-state index in [1.165, 1.54) is 23.0 Å². The molecule has 5 rings (SSSR count). The number of nitro groups is 1. The smallest absolute Gasteiger partial charge is 0.258 e. The predicted octanol–water partition coefficient (Wildman–Crippen LogP) is 6.69. The van der Waals surface area contributed by atoms with Crippen LogP contribution in [0.15, 0.2) is 83.3 Å². The Kier molecular flexibility index (Phi) is 5.48. The summed E-state index contributed by atoms with van der Waals surface area (Å²) in [7, 11) is 0. The maximum Gasteiger partial charge on any atom is 0.269 e. The first kappa shape index (κ1) is 21.0. The molecule has 1 aromatic heterocycles. The van der Waals surface area contributed by atoms with Gasteiger partial charge in [0.2, 0.25) is 5.13 Å². The third-order valence-electron chi connectivity index (χ3n) is 5.84. The van der Waals surface area contributed by atoms with E-state index < -0.39 is 0 Å². The Morgan fingerprint density at radius 1 is 1.03 bits per heavy atom. The van der Waals surface area contributed by atoms with Crippen LogP contribution in [-0.2, 0) is 0 Å². The predicted molar refractivity (Wildman–Crippen MR) is 133 cm³/mol. The first-order valence-electron chi connectivity index (χ1n) is 10.7. The number of thiazole rings is 1. The van der Waals surface area contributed by atoms with Crippen LogP contribution in [0.3, 0.4) is 0 Å². The minimum absolute atomic E-state index is 0.0803. The Morgan fingerprint density at radius 2 is 1.85 bits per heavy atom. The van der Waals surface area contributed by atoms with Gasteiger partial charge in [0.1, 0.15) is 0 Å². The fourth-order valence-electron chi connectivity index (χ4n) is 4.11. The normalized spacial score (nSPS) is 15.5. The van der Waals surface area contributed by atoms with Gasteiger partial charge in [-0.25, -0.2) is 9.99 Å². The highest BCUT2D eigenvalue weighted by atomic mass is 32.1. The lowest BCUT2D eigenvalue weighted by Crippen LogP contribution is -2.18. The van der Waals surface area contributed by atoms with E-state index in [-0.39, 0.29) is 16.7 Å². The largest absolute Gasteiger partial charge is 0.269 e. The zero-order chi connectivity index (χ0) is 22.9. The average Bonchev–Trinajstić information content (AvgIpc) is 3.49. The van der Waals surface area contributed by atoms with Gasteiger partial charge in [0.25, 0.3) is 5.69 Å². The molecule has 0 amide bonds. The summed E-state index contributed by atoms with van der Waals surface area (Å²) in [4.78, 5) is 15.9. The first-order chi connectivity index (χ1) is 16.0. The van der Waals surface area contributed by atoms with Gasteiger partial charge in [-0.1, -0.05) is 60.2 Å². The van der Waals surface area contributed by atoms with E-state index in [1.54, 1.807) is 12.1 Å². The molecule has 7 heteroatoms. The van der Waals surface area contributed by atoms with Crippen LogP contribution in [0.4, 0.5) is 10.8 Å². The van der Waals surface area contributed by atoms with Crippen molar-refractivity contribution in [2.24, 2.45) is 5.10 Å². The van der Waals surface area contributed by atoms with Crippen molar-refractivity contribution < 1.29 is 4.92 Å². The van der Waals surface area contributed by atoms with Gasteiger partial charge in [0.15, 0.2) is 0 Å². The van der Waals surface area contributed by atoms with E-state index in [9.17, 15) is 10.1 Å². The SMILES string of the molecule is Cc1ccc(C)c(C2=NN(c3nc(-c4ccccc4)cs3)[C@@H](c3cccc([N+](=O)[O-])c3)C2)c1. The number of aromatic nitrogens is 1. The molecule has 0 unspecified atom stereocenters. The lowest BCUT2D eigenvalue weighted by Gasteiger charge is -2.21. The number of rotatable bonds is 5. The van der Waals surface area contributed by atoms with Gasteiger partial charge in [0.05, 0.1) is 22.4 Å². The first-order valence-corrected chi connectivity index (χ1v) is 11.6. The molecule has 0 saturated carbocycles. The summed E-state index contributed by atoms with van der Waals surface area (Å²) in [5.41, 5.74) is 7.26. The van der Waals surface area contributed by atoms with E-state index in [4.69, 9.17) is 10.1 Å². The maximum absolute atomic E-state index is 11.4. The monoisotopic (exact) mass is 454 g/mol. The highest BCUT2D eigenvalue weighted by Crippen LogP contribution is 2.40. The summed E-state index contributed by atoms with van der Waals surface area (Å²) in [5, 5.41) is 21.1. The molecule has 6 nitrogen and oxygen atoms in total. The zero-order valence-electron chi connectivity index (χ0n) is 18.3. The van der Waals surface area contributed by atoms with Crippen molar-refractivity contribution >= 4 is 27.9 Å². The summed E-state index contributed by atoms with van der Waals surface area (Å²) in [6, 6.07) is 23.0. The number of benzene rings is 3. The highest BCUT2D eigenvalue weighted by Gasteiger charge is 2.33. The second kappa shape index (κ2) is 8.60. The quantitative estimate of drug-likeness (QED) is 0.249. The fraction of sp³-hybridized carbons (Fsp3) is 0.154. The van der Waals surface area contributed by atoms with E-state index in [1.807, 2.05) is 46.8 Å². The zero-order valence-corrected chi connectivity index (χ0v) is 19.1. The molecule has 4 aromatic rings. The molecule has 0 radical (unpaired) electrons. The van der Waals surface area contributed by atoms with E-state index in [2.05, 4.69) is 32.0 Å². The Morgan fingerprint density at radius 3 is 2.64 bits per heavy atom. The van der Waals surface area contributed by atoms with Crippen LogP contribution in [0.5, 0.6) is 0 Å². The second-order valence-electron chi connectivity index (χ2n) is 8.16. The molecule has 2 heterocycles. The molecule has 0 N–H and O–H groups in total. The number of hydrazone groups is 1. The van der Waals surface area contributed by atoms with Gasteiger partial charge in [0, 0.05) is 35.1 Å². The second-order valence-corrected chi connectivity index (χ2v) is 9.00. The molecule has 164 valence electrons. The Labute approximate surface area is 196 Å². The lowest BCUT2D eigenvalue weighted by molar-refractivity contribution is -0.384. The van der Waals surface area contributed by atoms with Crippen molar-refractivity contribution in [2.75, 3.05) is 5.01 Å². The molecule has 0 spiro atoms. The van der Waals surface area contributed by atoms with Crippen molar-refractivity contribution in [3.63, 3.8) is 0 Å². The molecule has 3 aromatic carbocycles. The van der Waals surface area contributed by atoms with Crippen molar-refractivity contribution in [1.29, 1.82) is 0 Å². The Balaban J connectivity index is 1.58. The van der Waals surface area contributed by atoms with Crippen molar-refractivity contribution in [2.45, 2.75) is 26.3 Å². The summed E-state index contributed by atoms with van der Waals surface area (Å²) in [6.45, 7) is 4.15. The highest BCUT2D eigenvalue weighted by molar-refractivity contribution is 7.14. The maximum atomic E-state index is 11.4. The molecule has 1 atom stereocenters. The molecule has 33 heavy (non-hydrogen) atoms. The summed E-state index contributed by atoms with van der Waals surface area (Å²) in [6.07, 6.45) is 0.645. The molecular formula is C26H22N4O2S. The van der Waals surface area contributed by atoms with Crippen LogP contribution in [0.1, 0.15) is 34.7 Å².